The average molecular weight is 248 g/mol. The van der Waals surface area contributed by atoms with Gasteiger partial charge in [-0.05, 0) is 25.3 Å². The van der Waals surface area contributed by atoms with E-state index in [1.54, 1.807) is 11.3 Å². The fourth-order valence-electron chi connectivity index (χ4n) is 1.22. The van der Waals surface area contributed by atoms with Crippen molar-refractivity contribution in [2.45, 2.75) is 26.4 Å². The maximum absolute atomic E-state index is 10.7. The van der Waals surface area contributed by atoms with Crippen LogP contribution in [0.15, 0.2) is 11.4 Å². The predicted molar refractivity (Wildman–Crippen MR) is 62.5 cm³/mol. The molecule has 1 aromatic heterocycles. The molecule has 0 fully saturated rings. The molecule has 1 rings (SSSR count). The first-order valence-electron chi connectivity index (χ1n) is 4.68. The monoisotopic (exact) mass is 247 g/mol. The van der Waals surface area contributed by atoms with Gasteiger partial charge in [0.15, 0.2) is 0 Å². The number of hydrogen-bond acceptors (Lipinski definition) is 3. The van der Waals surface area contributed by atoms with Crippen molar-refractivity contribution < 1.29 is 9.90 Å². The van der Waals surface area contributed by atoms with E-state index in [1.165, 1.54) is 0 Å². The van der Waals surface area contributed by atoms with Crippen LogP contribution in [0.25, 0.3) is 0 Å². The van der Waals surface area contributed by atoms with E-state index in [9.17, 15) is 4.79 Å². The lowest BCUT2D eigenvalue weighted by Gasteiger charge is -2.23. The summed E-state index contributed by atoms with van der Waals surface area (Å²) < 4.78 is 0. The van der Waals surface area contributed by atoms with Gasteiger partial charge in [-0.2, -0.15) is 0 Å². The second-order valence-corrected chi connectivity index (χ2v) is 4.99. The second-order valence-electron chi connectivity index (χ2n) is 3.58. The Morgan fingerprint density at radius 2 is 2.33 bits per heavy atom. The topological polar surface area (TPSA) is 40.5 Å². The molecule has 0 unspecified atom stereocenters. The molecule has 0 amide bonds. The van der Waals surface area contributed by atoms with Crippen LogP contribution in [0.3, 0.4) is 0 Å². The maximum atomic E-state index is 10.7. The number of thiophene rings is 1. The summed E-state index contributed by atoms with van der Waals surface area (Å²) in [6.45, 7) is 4.60. The van der Waals surface area contributed by atoms with Gasteiger partial charge < -0.3 is 5.11 Å². The summed E-state index contributed by atoms with van der Waals surface area (Å²) >= 11 is 7.52. The molecular formula is C10H14ClNO2S. The van der Waals surface area contributed by atoms with E-state index < -0.39 is 5.97 Å². The Morgan fingerprint density at radius 1 is 1.67 bits per heavy atom. The molecule has 0 spiro atoms. The summed E-state index contributed by atoms with van der Waals surface area (Å²) in [6.07, 6.45) is 0. The largest absolute Gasteiger partial charge is 0.480 e. The molecule has 0 aliphatic carbocycles. The van der Waals surface area contributed by atoms with Crippen LogP contribution < -0.4 is 0 Å². The van der Waals surface area contributed by atoms with Crippen LogP contribution >= 0.6 is 22.9 Å². The number of carboxylic acid groups (broad SMARTS) is 1. The van der Waals surface area contributed by atoms with E-state index in [2.05, 4.69) is 0 Å². The second kappa shape index (κ2) is 5.49. The van der Waals surface area contributed by atoms with Gasteiger partial charge in [0.05, 0.1) is 11.6 Å². The zero-order chi connectivity index (χ0) is 11.4. The van der Waals surface area contributed by atoms with Crippen molar-refractivity contribution in [1.29, 1.82) is 0 Å². The van der Waals surface area contributed by atoms with Crippen LogP contribution in [0, 0.1) is 0 Å². The number of nitrogens with zero attached hydrogens (tertiary/aromatic N) is 1. The molecule has 84 valence electrons. The summed E-state index contributed by atoms with van der Waals surface area (Å²) in [5.41, 5.74) is 0. The highest BCUT2D eigenvalue weighted by Crippen LogP contribution is 2.24. The minimum absolute atomic E-state index is 0.0475. The van der Waals surface area contributed by atoms with E-state index in [4.69, 9.17) is 16.7 Å². The van der Waals surface area contributed by atoms with E-state index in [-0.39, 0.29) is 12.6 Å². The number of carbonyl (C=O) groups is 1. The number of rotatable bonds is 5. The Kier molecular flexibility index (Phi) is 4.57. The van der Waals surface area contributed by atoms with Crippen molar-refractivity contribution in [3.8, 4) is 0 Å². The minimum atomic E-state index is -0.809. The van der Waals surface area contributed by atoms with Crippen LogP contribution in [0.5, 0.6) is 0 Å². The van der Waals surface area contributed by atoms with Crippen molar-refractivity contribution >= 4 is 28.9 Å². The number of halogens is 1. The molecule has 0 radical (unpaired) electrons. The van der Waals surface area contributed by atoms with Gasteiger partial charge in [0.2, 0.25) is 0 Å². The highest BCUT2D eigenvalue weighted by Gasteiger charge is 2.15. The molecule has 1 aromatic rings. The number of carboxylic acids is 1. The molecule has 1 N–H and O–H groups in total. The van der Waals surface area contributed by atoms with Crippen molar-refractivity contribution in [3.05, 3.63) is 21.3 Å². The van der Waals surface area contributed by atoms with Crippen LogP contribution in [-0.4, -0.2) is 28.6 Å². The maximum Gasteiger partial charge on any atom is 0.317 e. The predicted octanol–water partition coefficient (Wildman–Crippen LogP) is 2.70. The summed E-state index contributed by atoms with van der Waals surface area (Å²) in [4.78, 5) is 13.6. The van der Waals surface area contributed by atoms with Gasteiger partial charge in [-0.15, -0.1) is 11.3 Å². The van der Waals surface area contributed by atoms with Crippen molar-refractivity contribution in [1.82, 2.24) is 4.90 Å². The van der Waals surface area contributed by atoms with Gasteiger partial charge in [-0.3, -0.25) is 9.69 Å². The van der Waals surface area contributed by atoms with E-state index in [0.717, 1.165) is 9.90 Å². The first-order valence-corrected chi connectivity index (χ1v) is 5.94. The Labute approximate surface area is 98.3 Å². The molecule has 0 aliphatic heterocycles. The van der Waals surface area contributed by atoms with Crippen molar-refractivity contribution in [3.63, 3.8) is 0 Å². The van der Waals surface area contributed by atoms with Crippen LogP contribution in [0.4, 0.5) is 0 Å². The smallest absolute Gasteiger partial charge is 0.317 e. The molecular weight excluding hydrogens is 234 g/mol. The molecule has 0 saturated carbocycles. The summed E-state index contributed by atoms with van der Waals surface area (Å²) in [6, 6.07) is 2.03. The Morgan fingerprint density at radius 3 is 2.73 bits per heavy atom. The van der Waals surface area contributed by atoms with Gasteiger partial charge in [0.25, 0.3) is 0 Å². The van der Waals surface area contributed by atoms with Crippen LogP contribution in [0.2, 0.25) is 5.02 Å². The SMILES string of the molecule is CC(C)N(CC(=O)O)Cc1sccc1Cl. The quantitative estimate of drug-likeness (QED) is 0.870. The third kappa shape index (κ3) is 3.81. The zero-order valence-corrected chi connectivity index (χ0v) is 10.3. The third-order valence-electron chi connectivity index (χ3n) is 2.11. The van der Waals surface area contributed by atoms with E-state index >= 15 is 0 Å². The standard InChI is InChI=1S/C10H14ClNO2S/c1-7(2)12(6-10(13)14)5-9-8(11)3-4-15-9/h3-4,7H,5-6H2,1-2H3,(H,13,14). The first-order chi connectivity index (χ1) is 7.00. The third-order valence-corrected chi connectivity index (χ3v) is 3.48. The highest BCUT2D eigenvalue weighted by molar-refractivity contribution is 7.10. The Hall–Kier alpha value is -0.580. The number of hydrogen-bond donors (Lipinski definition) is 1. The molecule has 0 atom stereocenters. The molecule has 0 aromatic carbocycles. The van der Waals surface area contributed by atoms with E-state index in [0.29, 0.717) is 6.54 Å². The Bertz CT molecular complexity index is 338. The summed E-state index contributed by atoms with van der Waals surface area (Å²) in [5.74, 6) is -0.809. The molecule has 3 nitrogen and oxygen atoms in total. The van der Waals surface area contributed by atoms with Gasteiger partial charge in [-0.1, -0.05) is 11.6 Å². The fraction of sp³-hybridized carbons (Fsp3) is 0.500. The van der Waals surface area contributed by atoms with Gasteiger partial charge in [0.1, 0.15) is 0 Å². The molecule has 1 heterocycles. The molecule has 0 aliphatic rings. The lowest BCUT2D eigenvalue weighted by molar-refractivity contribution is -0.138. The molecule has 0 saturated heterocycles. The Balaban J connectivity index is 2.67. The summed E-state index contributed by atoms with van der Waals surface area (Å²) in [5, 5.41) is 11.4. The van der Waals surface area contributed by atoms with Crippen molar-refractivity contribution in [2.75, 3.05) is 6.54 Å². The minimum Gasteiger partial charge on any atom is -0.480 e. The van der Waals surface area contributed by atoms with Crippen LogP contribution in [-0.2, 0) is 11.3 Å². The van der Waals surface area contributed by atoms with Gasteiger partial charge in [0, 0.05) is 17.5 Å². The zero-order valence-electron chi connectivity index (χ0n) is 8.74. The lowest BCUT2D eigenvalue weighted by atomic mass is 10.3. The fourth-order valence-corrected chi connectivity index (χ4v) is 2.34. The number of aliphatic carboxylic acids is 1. The normalized spacial score (nSPS) is 11.3. The first kappa shape index (κ1) is 12.5. The van der Waals surface area contributed by atoms with Crippen molar-refractivity contribution in [2.24, 2.45) is 0 Å². The summed E-state index contributed by atoms with van der Waals surface area (Å²) in [7, 11) is 0. The van der Waals surface area contributed by atoms with E-state index in [1.807, 2.05) is 30.2 Å². The lowest BCUT2D eigenvalue weighted by Crippen LogP contribution is -2.34. The highest BCUT2D eigenvalue weighted by atomic mass is 35.5. The van der Waals surface area contributed by atoms with Crippen LogP contribution in [0.1, 0.15) is 18.7 Å². The molecule has 0 bridgehead atoms. The molecule has 15 heavy (non-hydrogen) atoms. The average Bonchev–Trinajstić information content (AvgIpc) is 2.50. The van der Waals surface area contributed by atoms with Gasteiger partial charge in [-0.25, -0.2) is 0 Å². The van der Waals surface area contributed by atoms with Gasteiger partial charge >= 0.3 is 5.97 Å². The molecule has 5 heteroatoms.